The van der Waals surface area contributed by atoms with Crippen molar-refractivity contribution in [3.63, 3.8) is 0 Å². The van der Waals surface area contributed by atoms with E-state index in [0.29, 0.717) is 6.04 Å². The van der Waals surface area contributed by atoms with Crippen LogP contribution in [0.2, 0.25) is 0 Å². The molecule has 15 heavy (non-hydrogen) atoms. The third kappa shape index (κ3) is 2.29. The van der Waals surface area contributed by atoms with E-state index < -0.39 is 0 Å². The Hall–Kier alpha value is -1.09. The second-order valence-corrected chi connectivity index (χ2v) is 4.26. The molecule has 0 spiro atoms. The average Bonchev–Trinajstić information content (AvgIpc) is 2.30. The fourth-order valence-electron chi connectivity index (χ4n) is 2.09. The molecule has 1 atom stereocenters. The number of thiocarbonyl (C=S) groups is 1. The molecule has 80 valence electrons. The van der Waals surface area contributed by atoms with Gasteiger partial charge in [0.15, 0.2) is 0 Å². The van der Waals surface area contributed by atoms with E-state index in [1.54, 1.807) is 0 Å². The van der Waals surface area contributed by atoms with Gasteiger partial charge in [-0.3, -0.25) is 0 Å². The largest absolute Gasteiger partial charge is 0.399 e. The number of benzene rings is 1. The molecule has 2 N–H and O–H groups in total. The number of piperidine rings is 1. The van der Waals surface area contributed by atoms with Crippen molar-refractivity contribution in [3.05, 3.63) is 24.3 Å². The van der Waals surface area contributed by atoms with Crippen LogP contribution in [-0.4, -0.2) is 18.0 Å². The Morgan fingerprint density at radius 1 is 1.27 bits per heavy atom. The summed E-state index contributed by atoms with van der Waals surface area (Å²) < 4.78 is 0. The molecule has 1 aromatic carbocycles. The van der Waals surface area contributed by atoms with Crippen molar-refractivity contribution in [3.8, 4) is 0 Å². The summed E-state index contributed by atoms with van der Waals surface area (Å²) >= 11 is 5.08. The summed E-state index contributed by atoms with van der Waals surface area (Å²) in [5.41, 5.74) is 7.72. The molecule has 1 heterocycles. The van der Waals surface area contributed by atoms with Crippen LogP contribution in [0, 0.1) is 0 Å². The van der Waals surface area contributed by atoms with Gasteiger partial charge in [0, 0.05) is 23.3 Å². The first-order chi connectivity index (χ1) is 7.31. The van der Waals surface area contributed by atoms with Crippen LogP contribution in [0.5, 0.6) is 0 Å². The number of hydrogen-bond donors (Lipinski definition) is 1. The standard InChI is InChI=1S/C12H16N2S/c13-10-4-6-11(7-5-10)14-8-2-1-3-12(14)9-15/h4-7,9,12H,1-3,8,13H2. The summed E-state index contributed by atoms with van der Waals surface area (Å²) in [7, 11) is 0. The van der Waals surface area contributed by atoms with Gasteiger partial charge in [0.1, 0.15) is 0 Å². The summed E-state index contributed by atoms with van der Waals surface area (Å²) in [6.45, 7) is 1.10. The molecular weight excluding hydrogens is 204 g/mol. The van der Waals surface area contributed by atoms with Crippen molar-refractivity contribution in [2.75, 3.05) is 17.2 Å². The minimum Gasteiger partial charge on any atom is -0.399 e. The van der Waals surface area contributed by atoms with Gasteiger partial charge in [0.05, 0.1) is 6.04 Å². The number of nitrogens with zero attached hydrogens (tertiary/aromatic N) is 1. The Morgan fingerprint density at radius 2 is 2.00 bits per heavy atom. The van der Waals surface area contributed by atoms with Gasteiger partial charge in [0.2, 0.25) is 0 Å². The van der Waals surface area contributed by atoms with Crippen molar-refractivity contribution >= 4 is 29.0 Å². The van der Waals surface area contributed by atoms with Crippen LogP contribution in [0.4, 0.5) is 11.4 Å². The summed E-state index contributed by atoms with van der Waals surface area (Å²) in [6.07, 6.45) is 3.71. The first-order valence-electron chi connectivity index (χ1n) is 5.39. The van der Waals surface area contributed by atoms with E-state index in [0.717, 1.165) is 12.2 Å². The molecule has 0 aliphatic carbocycles. The maximum atomic E-state index is 5.68. The molecule has 1 aliphatic rings. The molecule has 1 aliphatic heterocycles. The zero-order valence-electron chi connectivity index (χ0n) is 8.73. The van der Waals surface area contributed by atoms with Crippen LogP contribution in [0.3, 0.4) is 0 Å². The van der Waals surface area contributed by atoms with E-state index in [4.69, 9.17) is 18.0 Å². The molecule has 1 unspecified atom stereocenters. The van der Waals surface area contributed by atoms with E-state index >= 15 is 0 Å². The van der Waals surface area contributed by atoms with E-state index in [1.807, 2.05) is 17.5 Å². The van der Waals surface area contributed by atoms with Crippen LogP contribution in [0.1, 0.15) is 19.3 Å². The van der Waals surface area contributed by atoms with E-state index in [2.05, 4.69) is 17.0 Å². The number of nitrogens with two attached hydrogens (primary N) is 1. The summed E-state index contributed by atoms with van der Waals surface area (Å²) in [5, 5.41) is 1.88. The highest BCUT2D eigenvalue weighted by molar-refractivity contribution is 7.79. The summed E-state index contributed by atoms with van der Waals surface area (Å²) in [5.74, 6) is 0. The van der Waals surface area contributed by atoms with Crippen molar-refractivity contribution in [2.24, 2.45) is 0 Å². The normalized spacial score (nSPS) is 21.3. The van der Waals surface area contributed by atoms with Crippen LogP contribution in [-0.2, 0) is 0 Å². The fraction of sp³-hybridized carbons (Fsp3) is 0.417. The SMILES string of the molecule is Nc1ccc(N2CCCCC2C=S)cc1. The molecule has 0 bridgehead atoms. The molecule has 1 fully saturated rings. The van der Waals surface area contributed by atoms with Gasteiger partial charge in [-0.2, -0.15) is 0 Å². The maximum absolute atomic E-state index is 5.68. The minimum atomic E-state index is 0.414. The Balaban J connectivity index is 2.20. The number of rotatable bonds is 2. The van der Waals surface area contributed by atoms with Crippen molar-refractivity contribution in [1.29, 1.82) is 0 Å². The van der Waals surface area contributed by atoms with Crippen molar-refractivity contribution < 1.29 is 0 Å². The molecule has 0 saturated carbocycles. The van der Waals surface area contributed by atoms with Gasteiger partial charge in [-0.25, -0.2) is 0 Å². The number of nitrogen functional groups attached to an aromatic ring is 1. The van der Waals surface area contributed by atoms with E-state index in [-0.39, 0.29) is 0 Å². The fourth-order valence-corrected chi connectivity index (χ4v) is 2.37. The van der Waals surface area contributed by atoms with E-state index in [9.17, 15) is 0 Å². The Kier molecular flexibility index (Phi) is 3.21. The molecule has 0 aromatic heterocycles. The molecule has 1 aromatic rings. The molecule has 0 radical (unpaired) electrons. The molecular formula is C12H16N2S. The predicted octanol–water partition coefficient (Wildman–Crippen LogP) is 2.63. The molecule has 2 nitrogen and oxygen atoms in total. The average molecular weight is 220 g/mol. The van der Waals surface area contributed by atoms with E-state index in [1.165, 1.54) is 24.9 Å². The lowest BCUT2D eigenvalue weighted by Crippen LogP contribution is -2.40. The maximum Gasteiger partial charge on any atom is 0.0575 e. The van der Waals surface area contributed by atoms with Gasteiger partial charge in [-0.1, -0.05) is 12.2 Å². The lowest BCUT2D eigenvalue weighted by atomic mass is 10.0. The van der Waals surface area contributed by atoms with Crippen LogP contribution in [0.25, 0.3) is 0 Å². The van der Waals surface area contributed by atoms with Gasteiger partial charge >= 0.3 is 0 Å². The molecule has 2 rings (SSSR count). The van der Waals surface area contributed by atoms with Crippen LogP contribution < -0.4 is 10.6 Å². The van der Waals surface area contributed by atoms with Crippen LogP contribution >= 0.6 is 12.2 Å². The van der Waals surface area contributed by atoms with Gasteiger partial charge < -0.3 is 10.6 Å². The molecule has 0 amide bonds. The van der Waals surface area contributed by atoms with Crippen molar-refractivity contribution in [2.45, 2.75) is 25.3 Å². The minimum absolute atomic E-state index is 0.414. The van der Waals surface area contributed by atoms with Crippen molar-refractivity contribution in [1.82, 2.24) is 0 Å². The zero-order chi connectivity index (χ0) is 10.7. The second kappa shape index (κ2) is 4.62. The number of anilines is 2. The topological polar surface area (TPSA) is 29.3 Å². The van der Waals surface area contributed by atoms with Crippen LogP contribution in [0.15, 0.2) is 24.3 Å². The monoisotopic (exact) mass is 220 g/mol. The Labute approximate surface area is 96.1 Å². The van der Waals surface area contributed by atoms with Gasteiger partial charge in [0.25, 0.3) is 0 Å². The Morgan fingerprint density at radius 3 is 2.67 bits per heavy atom. The highest BCUT2D eigenvalue weighted by Crippen LogP contribution is 2.24. The highest BCUT2D eigenvalue weighted by atomic mass is 32.1. The second-order valence-electron chi connectivity index (χ2n) is 3.98. The first kappa shape index (κ1) is 10.4. The van der Waals surface area contributed by atoms with Gasteiger partial charge in [-0.15, -0.1) is 0 Å². The first-order valence-corrected chi connectivity index (χ1v) is 5.86. The predicted molar refractivity (Wildman–Crippen MR) is 69.5 cm³/mol. The number of hydrogen-bond acceptors (Lipinski definition) is 3. The lowest BCUT2D eigenvalue weighted by Gasteiger charge is -2.35. The highest BCUT2D eigenvalue weighted by Gasteiger charge is 2.20. The lowest BCUT2D eigenvalue weighted by molar-refractivity contribution is 0.539. The summed E-state index contributed by atoms with van der Waals surface area (Å²) in [4.78, 5) is 2.37. The molecule has 1 saturated heterocycles. The quantitative estimate of drug-likeness (QED) is 0.613. The summed E-state index contributed by atoms with van der Waals surface area (Å²) in [6, 6.07) is 8.46. The third-order valence-electron chi connectivity index (χ3n) is 2.93. The zero-order valence-corrected chi connectivity index (χ0v) is 9.54. The Bertz CT molecular complexity index is 334. The molecule has 3 heteroatoms. The third-order valence-corrected chi connectivity index (χ3v) is 3.25. The van der Waals surface area contributed by atoms with Gasteiger partial charge in [-0.05, 0) is 43.5 Å². The smallest absolute Gasteiger partial charge is 0.0575 e.